The number of amides is 1. The van der Waals surface area contributed by atoms with Crippen LogP contribution in [0.15, 0.2) is 18.2 Å². The van der Waals surface area contributed by atoms with Gasteiger partial charge in [0.2, 0.25) is 0 Å². The summed E-state index contributed by atoms with van der Waals surface area (Å²) in [6, 6.07) is 6.23. The number of carbonyl (C=O) groups excluding carboxylic acids is 1. The van der Waals surface area contributed by atoms with Crippen LogP contribution in [-0.2, 0) is 0 Å². The van der Waals surface area contributed by atoms with Gasteiger partial charge in [-0.2, -0.15) is 0 Å². The molecule has 1 aliphatic heterocycles. The lowest BCUT2D eigenvalue weighted by Crippen LogP contribution is -2.45. The molecule has 1 aliphatic rings. The molecule has 2 rings (SSSR count). The molecule has 1 aromatic rings. The van der Waals surface area contributed by atoms with E-state index in [-0.39, 0.29) is 11.9 Å². The van der Waals surface area contributed by atoms with Crippen molar-refractivity contribution in [3.05, 3.63) is 34.9 Å². The van der Waals surface area contributed by atoms with Gasteiger partial charge in [-0.25, -0.2) is 0 Å². The Morgan fingerprint density at radius 1 is 1.42 bits per heavy atom. The summed E-state index contributed by atoms with van der Waals surface area (Å²) in [6.07, 6.45) is 2.19. The Bertz CT molecular complexity index is 468. The van der Waals surface area contributed by atoms with Crippen LogP contribution in [0.5, 0.6) is 0 Å². The maximum absolute atomic E-state index is 12.6. The second-order valence-electron chi connectivity index (χ2n) is 5.83. The third kappa shape index (κ3) is 3.16. The van der Waals surface area contributed by atoms with Crippen LogP contribution in [-0.4, -0.2) is 29.9 Å². The van der Waals surface area contributed by atoms with E-state index in [1.54, 1.807) is 0 Å². The molecule has 0 saturated carbocycles. The molecule has 0 aliphatic carbocycles. The van der Waals surface area contributed by atoms with Gasteiger partial charge in [-0.15, -0.1) is 0 Å². The zero-order chi connectivity index (χ0) is 14.0. The molecule has 1 saturated heterocycles. The van der Waals surface area contributed by atoms with Gasteiger partial charge in [0.15, 0.2) is 0 Å². The van der Waals surface area contributed by atoms with Crippen LogP contribution >= 0.6 is 0 Å². The first-order valence-corrected chi connectivity index (χ1v) is 7.11. The van der Waals surface area contributed by atoms with E-state index in [4.69, 9.17) is 5.73 Å². The number of nitrogens with two attached hydrogens (primary N) is 1. The first-order valence-electron chi connectivity index (χ1n) is 7.11. The smallest absolute Gasteiger partial charge is 0.254 e. The second kappa shape index (κ2) is 5.74. The van der Waals surface area contributed by atoms with Gasteiger partial charge in [-0.1, -0.05) is 17.7 Å². The molecule has 0 unspecified atom stereocenters. The van der Waals surface area contributed by atoms with Gasteiger partial charge in [0.05, 0.1) is 0 Å². The summed E-state index contributed by atoms with van der Waals surface area (Å²) in [5.41, 5.74) is 9.01. The summed E-state index contributed by atoms with van der Waals surface area (Å²) < 4.78 is 0. The van der Waals surface area contributed by atoms with Gasteiger partial charge in [-0.05, 0) is 51.2 Å². The summed E-state index contributed by atoms with van der Waals surface area (Å²) in [6.45, 7) is 7.71. The molecule has 2 atom stereocenters. The van der Waals surface area contributed by atoms with Crippen LogP contribution in [0.1, 0.15) is 41.3 Å². The molecular formula is C16H24N2O. The van der Waals surface area contributed by atoms with Crippen molar-refractivity contribution in [3.8, 4) is 0 Å². The van der Waals surface area contributed by atoms with Crippen molar-refractivity contribution in [1.82, 2.24) is 4.90 Å². The highest BCUT2D eigenvalue weighted by Gasteiger charge is 2.27. The van der Waals surface area contributed by atoms with Crippen molar-refractivity contribution in [2.75, 3.05) is 13.1 Å². The standard InChI is InChI=1S/C16H24N2O/c1-11-6-7-12(2)15(9-11)16(19)18-8-4-5-14(10-18)13(3)17/h6-7,9,13-14H,4-5,8,10,17H2,1-3H3/t13-,14-/m0/s1. The third-order valence-corrected chi connectivity index (χ3v) is 4.11. The highest BCUT2D eigenvalue weighted by Crippen LogP contribution is 2.22. The maximum Gasteiger partial charge on any atom is 0.254 e. The molecule has 0 bridgehead atoms. The maximum atomic E-state index is 12.6. The zero-order valence-corrected chi connectivity index (χ0v) is 12.1. The number of nitrogens with zero attached hydrogens (tertiary/aromatic N) is 1. The lowest BCUT2D eigenvalue weighted by Gasteiger charge is -2.35. The van der Waals surface area contributed by atoms with E-state index in [2.05, 4.69) is 0 Å². The minimum Gasteiger partial charge on any atom is -0.338 e. The predicted octanol–water partition coefficient (Wildman–Crippen LogP) is 2.50. The van der Waals surface area contributed by atoms with E-state index in [1.165, 1.54) is 0 Å². The van der Waals surface area contributed by atoms with Crippen LogP contribution < -0.4 is 5.73 Å². The van der Waals surface area contributed by atoms with Crippen LogP contribution in [0.3, 0.4) is 0 Å². The van der Waals surface area contributed by atoms with Crippen molar-refractivity contribution in [2.24, 2.45) is 11.7 Å². The summed E-state index contributed by atoms with van der Waals surface area (Å²) in [4.78, 5) is 14.6. The average Bonchev–Trinajstić information content (AvgIpc) is 2.41. The topological polar surface area (TPSA) is 46.3 Å². The largest absolute Gasteiger partial charge is 0.338 e. The van der Waals surface area contributed by atoms with E-state index in [0.717, 1.165) is 42.6 Å². The van der Waals surface area contributed by atoms with Crippen molar-refractivity contribution < 1.29 is 4.79 Å². The summed E-state index contributed by atoms with van der Waals surface area (Å²) in [7, 11) is 0. The molecule has 1 fully saturated rings. The predicted molar refractivity (Wildman–Crippen MR) is 78.2 cm³/mol. The van der Waals surface area contributed by atoms with E-state index in [1.807, 2.05) is 43.9 Å². The van der Waals surface area contributed by atoms with E-state index in [9.17, 15) is 4.79 Å². The SMILES string of the molecule is Cc1ccc(C)c(C(=O)N2CCC[C@H]([C@H](C)N)C2)c1. The molecule has 1 aromatic carbocycles. The quantitative estimate of drug-likeness (QED) is 0.888. The summed E-state index contributed by atoms with van der Waals surface area (Å²) in [5.74, 6) is 0.592. The van der Waals surface area contributed by atoms with E-state index < -0.39 is 0 Å². The molecule has 2 N–H and O–H groups in total. The highest BCUT2D eigenvalue weighted by atomic mass is 16.2. The normalized spacial score (nSPS) is 21.3. The Morgan fingerprint density at radius 3 is 2.84 bits per heavy atom. The number of likely N-dealkylation sites (tertiary alicyclic amines) is 1. The molecular weight excluding hydrogens is 236 g/mol. The number of hydrogen-bond donors (Lipinski definition) is 1. The zero-order valence-electron chi connectivity index (χ0n) is 12.1. The first-order chi connectivity index (χ1) is 8.99. The Morgan fingerprint density at radius 2 is 2.16 bits per heavy atom. The number of hydrogen-bond acceptors (Lipinski definition) is 2. The Balaban J connectivity index is 2.17. The van der Waals surface area contributed by atoms with Gasteiger partial charge in [0.1, 0.15) is 0 Å². The summed E-state index contributed by atoms with van der Waals surface area (Å²) in [5, 5.41) is 0. The van der Waals surface area contributed by atoms with Gasteiger partial charge in [-0.3, -0.25) is 4.79 Å². The third-order valence-electron chi connectivity index (χ3n) is 4.11. The number of carbonyl (C=O) groups is 1. The Hall–Kier alpha value is -1.35. The highest BCUT2D eigenvalue weighted by molar-refractivity contribution is 5.95. The van der Waals surface area contributed by atoms with Crippen LogP contribution in [0.25, 0.3) is 0 Å². The summed E-state index contributed by atoms with van der Waals surface area (Å²) >= 11 is 0. The van der Waals surface area contributed by atoms with E-state index in [0.29, 0.717) is 5.92 Å². The lowest BCUT2D eigenvalue weighted by atomic mass is 9.91. The number of benzene rings is 1. The molecule has 1 heterocycles. The molecule has 0 radical (unpaired) electrons. The van der Waals surface area contributed by atoms with Crippen LogP contribution in [0, 0.1) is 19.8 Å². The minimum absolute atomic E-state index is 0.159. The van der Waals surface area contributed by atoms with Crippen molar-refractivity contribution in [2.45, 2.75) is 39.7 Å². The van der Waals surface area contributed by atoms with Crippen LogP contribution in [0.4, 0.5) is 0 Å². The van der Waals surface area contributed by atoms with Gasteiger partial charge < -0.3 is 10.6 Å². The fourth-order valence-corrected chi connectivity index (χ4v) is 2.76. The molecule has 0 aromatic heterocycles. The molecule has 0 spiro atoms. The second-order valence-corrected chi connectivity index (χ2v) is 5.83. The van der Waals surface area contributed by atoms with E-state index >= 15 is 0 Å². The van der Waals surface area contributed by atoms with Gasteiger partial charge >= 0.3 is 0 Å². The first kappa shape index (κ1) is 14.1. The van der Waals surface area contributed by atoms with Gasteiger partial charge in [0, 0.05) is 24.7 Å². The minimum atomic E-state index is 0.159. The lowest BCUT2D eigenvalue weighted by molar-refractivity contribution is 0.0660. The van der Waals surface area contributed by atoms with Crippen LogP contribution in [0.2, 0.25) is 0 Å². The fraction of sp³-hybridized carbons (Fsp3) is 0.562. The number of rotatable bonds is 2. The molecule has 19 heavy (non-hydrogen) atoms. The molecule has 3 heteroatoms. The molecule has 1 amide bonds. The Labute approximate surface area is 115 Å². The van der Waals surface area contributed by atoms with Crippen molar-refractivity contribution >= 4 is 5.91 Å². The molecule has 3 nitrogen and oxygen atoms in total. The number of aryl methyl sites for hydroxylation is 2. The fourth-order valence-electron chi connectivity index (χ4n) is 2.76. The molecule has 104 valence electrons. The van der Waals surface area contributed by atoms with Crippen molar-refractivity contribution in [1.29, 1.82) is 0 Å². The Kier molecular flexibility index (Phi) is 4.25. The van der Waals surface area contributed by atoms with Gasteiger partial charge in [0.25, 0.3) is 5.91 Å². The monoisotopic (exact) mass is 260 g/mol. The van der Waals surface area contributed by atoms with Crippen molar-refractivity contribution in [3.63, 3.8) is 0 Å². The average molecular weight is 260 g/mol. The number of piperidine rings is 1.